The van der Waals surface area contributed by atoms with Crippen LogP contribution < -0.4 is 10.1 Å². The molecule has 0 aliphatic carbocycles. The fourth-order valence-electron chi connectivity index (χ4n) is 3.35. The topological polar surface area (TPSA) is 74.0 Å². The Labute approximate surface area is 187 Å². The minimum atomic E-state index is -0.292. The molecule has 0 aliphatic heterocycles. The zero-order valence-electron chi connectivity index (χ0n) is 18.5. The van der Waals surface area contributed by atoms with Gasteiger partial charge in [-0.15, -0.1) is 0 Å². The quantitative estimate of drug-likeness (QED) is 0.435. The molecular formula is C25H27N5O2. The Morgan fingerprint density at radius 2 is 1.91 bits per heavy atom. The van der Waals surface area contributed by atoms with Crippen molar-refractivity contribution < 1.29 is 9.53 Å². The van der Waals surface area contributed by atoms with Crippen LogP contribution in [0.5, 0.6) is 5.75 Å². The molecule has 1 amide bonds. The number of nitrogens with one attached hydrogen (secondary N) is 1. The number of benzene rings is 2. The normalized spacial score (nSPS) is 11.0. The molecule has 2 aromatic heterocycles. The second-order valence-electron chi connectivity index (χ2n) is 8.11. The average molecular weight is 430 g/mol. The van der Waals surface area contributed by atoms with E-state index < -0.39 is 0 Å². The minimum Gasteiger partial charge on any atom is -0.471 e. The molecule has 0 atom stereocenters. The molecule has 0 spiro atoms. The van der Waals surface area contributed by atoms with Crippen LogP contribution in [-0.2, 0) is 13.3 Å². The van der Waals surface area contributed by atoms with Gasteiger partial charge in [0.1, 0.15) is 5.75 Å². The Kier molecular flexibility index (Phi) is 6.35. The van der Waals surface area contributed by atoms with E-state index in [0.29, 0.717) is 23.8 Å². The molecule has 7 heteroatoms. The molecule has 2 heterocycles. The molecule has 4 rings (SSSR count). The third-order valence-corrected chi connectivity index (χ3v) is 5.10. The number of aryl methyl sites for hydroxylation is 1. The lowest BCUT2D eigenvalue weighted by Gasteiger charge is -2.09. The van der Waals surface area contributed by atoms with Gasteiger partial charge in [0.25, 0.3) is 5.91 Å². The lowest BCUT2D eigenvalue weighted by atomic mass is 10.0. The van der Waals surface area contributed by atoms with E-state index in [1.165, 1.54) is 11.1 Å². The number of ether oxygens (including phenoxy) is 1. The lowest BCUT2D eigenvalue weighted by molar-refractivity contribution is 0.102. The predicted molar refractivity (Wildman–Crippen MR) is 124 cm³/mol. The van der Waals surface area contributed by atoms with Crippen LogP contribution in [-0.4, -0.2) is 25.5 Å². The minimum absolute atomic E-state index is 0.225. The molecule has 0 saturated carbocycles. The number of anilines is 1. The van der Waals surface area contributed by atoms with E-state index in [1.807, 2.05) is 18.2 Å². The van der Waals surface area contributed by atoms with E-state index in [-0.39, 0.29) is 12.6 Å². The number of carbonyl (C=O) groups is 1. The summed E-state index contributed by atoms with van der Waals surface area (Å²) in [6.07, 6.45) is 5.16. The highest BCUT2D eigenvalue weighted by atomic mass is 16.5. The van der Waals surface area contributed by atoms with E-state index in [1.54, 1.807) is 34.0 Å². The van der Waals surface area contributed by atoms with Crippen LogP contribution >= 0.6 is 0 Å². The van der Waals surface area contributed by atoms with Gasteiger partial charge in [0.15, 0.2) is 12.4 Å². The predicted octanol–water partition coefficient (Wildman–Crippen LogP) is 4.85. The van der Waals surface area contributed by atoms with Crippen LogP contribution in [0.1, 0.15) is 46.9 Å². The van der Waals surface area contributed by atoms with Crippen LogP contribution in [0.4, 0.5) is 5.69 Å². The fourth-order valence-corrected chi connectivity index (χ4v) is 3.35. The second kappa shape index (κ2) is 9.51. The van der Waals surface area contributed by atoms with E-state index in [4.69, 9.17) is 4.74 Å². The summed E-state index contributed by atoms with van der Waals surface area (Å²) in [4.78, 5) is 12.6. The maximum Gasteiger partial charge on any atom is 0.276 e. The van der Waals surface area contributed by atoms with Crippen molar-refractivity contribution in [2.24, 2.45) is 0 Å². The molecule has 32 heavy (non-hydrogen) atoms. The first-order chi connectivity index (χ1) is 15.5. The Bertz CT molecular complexity index is 1190. The van der Waals surface area contributed by atoms with Crippen molar-refractivity contribution in [3.63, 3.8) is 0 Å². The van der Waals surface area contributed by atoms with Gasteiger partial charge in [-0.1, -0.05) is 55.8 Å². The first-order valence-electron chi connectivity index (χ1n) is 10.6. The van der Waals surface area contributed by atoms with E-state index >= 15 is 0 Å². The number of carbonyl (C=O) groups excluding carboxylic acids is 1. The molecule has 2 aromatic carbocycles. The third-order valence-electron chi connectivity index (χ3n) is 5.10. The summed E-state index contributed by atoms with van der Waals surface area (Å²) in [5, 5.41) is 11.5. The summed E-state index contributed by atoms with van der Waals surface area (Å²) in [5.74, 6) is 0.947. The largest absolute Gasteiger partial charge is 0.471 e. The Morgan fingerprint density at radius 1 is 1.09 bits per heavy atom. The summed E-state index contributed by atoms with van der Waals surface area (Å²) in [5.41, 5.74) is 4.56. The zero-order chi connectivity index (χ0) is 22.5. The first-order valence-corrected chi connectivity index (χ1v) is 10.6. The number of hydrogen-bond acceptors (Lipinski definition) is 4. The number of rotatable bonds is 8. The van der Waals surface area contributed by atoms with Gasteiger partial charge >= 0.3 is 0 Å². The standard InChI is InChI=1S/C25H27N5O2/c1-18(2)21-7-9-23(10-8-21)32-17-29-12-11-24(28-29)25(31)27-22-14-26-30(16-22)15-20-6-4-5-19(3)13-20/h4-14,16,18H,15,17H2,1-3H3,(H,27,31). The third kappa shape index (κ3) is 5.43. The molecule has 0 radical (unpaired) electrons. The number of amides is 1. The monoisotopic (exact) mass is 429 g/mol. The molecule has 4 aromatic rings. The van der Waals surface area contributed by atoms with E-state index in [0.717, 1.165) is 11.3 Å². The fraction of sp³-hybridized carbons (Fsp3) is 0.240. The molecule has 1 N–H and O–H groups in total. The smallest absolute Gasteiger partial charge is 0.276 e. The first kappa shape index (κ1) is 21.4. The molecule has 0 unspecified atom stereocenters. The summed E-state index contributed by atoms with van der Waals surface area (Å²) >= 11 is 0. The van der Waals surface area contributed by atoms with Crippen molar-refractivity contribution in [2.45, 2.75) is 40.0 Å². The molecular weight excluding hydrogens is 402 g/mol. The highest BCUT2D eigenvalue weighted by Gasteiger charge is 2.11. The molecule has 7 nitrogen and oxygen atoms in total. The highest BCUT2D eigenvalue weighted by molar-refractivity contribution is 6.02. The van der Waals surface area contributed by atoms with E-state index in [2.05, 4.69) is 66.6 Å². The Balaban J connectivity index is 1.31. The van der Waals surface area contributed by atoms with Crippen molar-refractivity contribution in [1.29, 1.82) is 0 Å². The average Bonchev–Trinajstić information content (AvgIpc) is 3.42. The number of aromatic nitrogens is 4. The van der Waals surface area contributed by atoms with E-state index in [9.17, 15) is 4.79 Å². The van der Waals surface area contributed by atoms with Crippen molar-refractivity contribution >= 4 is 11.6 Å². The highest BCUT2D eigenvalue weighted by Crippen LogP contribution is 2.19. The van der Waals surface area contributed by atoms with Gasteiger partial charge < -0.3 is 10.1 Å². The van der Waals surface area contributed by atoms with Crippen molar-refractivity contribution in [3.8, 4) is 5.75 Å². The molecule has 0 fully saturated rings. The lowest BCUT2D eigenvalue weighted by Crippen LogP contribution is -2.14. The zero-order valence-corrected chi connectivity index (χ0v) is 18.5. The second-order valence-corrected chi connectivity index (χ2v) is 8.11. The summed E-state index contributed by atoms with van der Waals surface area (Å²) in [6.45, 7) is 7.23. The maximum absolute atomic E-state index is 12.6. The van der Waals surface area contributed by atoms with Gasteiger partial charge in [-0.2, -0.15) is 10.2 Å². The molecule has 0 saturated heterocycles. The van der Waals surface area contributed by atoms with Gasteiger partial charge in [0.2, 0.25) is 0 Å². The molecule has 164 valence electrons. The van der Waals surface area contributed by atoms with Gasteiger partial charge in [0.05, 0.1) is 18.4 Å². The van der Waals surface area contributed by atoms with Crippen LogP contribution in [0.2, 0.25) is 0 Å². The van der Waals surface area contributed by atoms with Crippen molar-refractivity contribution in [1.82, 2.24) is 19.6 Å². The van der Waals surface area contributed by atoms with Crippen LogP contribution in [0.3, 0.4) is 0 Å². The molecule has 0 aliphatic rings. The molecule has 0 bridgehead atoms. The Hall–Kier alpha value is -3.87. The van der Waals surface area contributed by atoms with Crippen LogP contribution in [0.15, 0.2) is 73.2 Å². The van der Waals surface area contributed by atoms with Crippen molar-refractivity contribution in [3.05, 3.63) is 95.6 Å². The number of hydrogen-bond donors (Lipinski definition) is 1. The summed E-state index contributed by atoms with van der Waals surface area (Å²) in [7, 11) is 0. The van der Waals surface area contributed by atoms with Gasteiger partial charge in [-0.05, 0) is 42.2 Å². The summed E-state index contributed by atoms with van der Waals surface area (Å²) < 4.78 is 9.14. The van der Waals surface area contributed by atoms with Gasteiger partial charge in [0, 0.05) is 12.4 Å². The van der Waals surface area contributed by atoms with Crippen LogP contribution in [0, 0.1) is 6.92 Å². The summed E-state index contributed by atoms with van der Waals surface area (Å²) in [6, 6.07) is 17.9. The van der Waals surface area contributed by atoms with Crippen molar-refractivity contribution in [2.75, 3.05) is 5.32 Å². The maximum atomic E-state index is 12.6. The number of nitrogens with zero attached hydrogens (tertiary/aromatic N) is 4. The van der Waals surface area contributed by atoms with Crippen LogP contribution in [0.25, 0.3) is 0 Å². The Morgan fingerprint density at radius 3 is 2.66 bits per heavy atom. The van der Waals surface area contributed by atoms with Gasteiger partial charge in [-0.3, -0.25) is 9.48 Å². The SMILES string of the molecule is Cc1cccc(Cn2cc(NC(=O)c3ccn(COc4ccc(C(C)C)cc4)n3)cn2)c1. The van der Waals surface area contributed by atoms with Gasteiger partial charge in [-0.25, -0.2) is 4.68 Å².